The van der Waals surface area contributed by atoms with Crippen LogP contribution in [0.2, 0.25) is 0 Å². The fraction of sp³-hybridized carbons (Fsp3) is 0.571. The molecule has 2 bridgehead atoms. The highest BCUT2D eigenvalue weighted by molar-refractivity contribution is 7.23. The van der Waals surface area contributed by atoms with Gasteiger partial charge in [-0.1, -0.05) is 0 Å². The Morgan fingerprint density at radius 3 is 2.45 bits per heavy atom. The van der Waals surface area contributed by atoms with Crippen LogP contribution in [0.25, 0.3) is 32.2 Å². The molecule has 5 aliphatic heterocycles. The normalized spacial score (nSPS) is 23.9. The highest BCUT2D eigenvalue weighted by Gasteiger charge is 2.50. The molecule has 1 aromatic carbocycles. The molecule has 3 aromatic heterocycles. The molecule has 4 aromatic rings. The number of rotatable bonds is 6. The molecule has 2 amide bonds. The molecule has 60 heavy (non-hydrogen) atoms. The van der Waals surface area contributed by atoms with Gasteiger partial charge < -0.3 is 28.7 Å². The molecule has 0 aliphatic carbocycles. The van der Waals surface area contributed by atoms with Crippen LogP contribution >= 0.6 is 11.3 Å². The van der Waals surface area contributed by atoms with Crippen LogP contribution in [-0.4, -0.2) is 105 Å². The second-order valence-electron chi connectivity index (χ2n) is 18.4. The smallest absolute Gasteiger partial charge is 0.412 e. The van der Waals surface area contributed by atoms with Gasteiger partial charge in [0.2, 0.25) is 0 Å². The van der Waals surface area contributed by atoms with E-state index in [1.807, 2.05) is 20.8 Å². The minimum Gasteiger partial charge on any atom is -0.461 e. The summed E-state index contributed by atoms with van der Waals surface area (Å²) >= 11 is 0.820. The van der Waals surface area contributed by atoms with Crippen molar-refractivity contribution in [1.82, 2.24) is 24.8 Å². The average molecular weight is 849 g/mol. The van der Waals surface area contributed by atoms with Crippen molar-refractivity contribution in [2.24, 2.45) is 0 Å². The summed E-state index contributed by atoms with van der Waals surface area (Å²) in [4.78, 5) is 46.2. The Bertz CT molecular complexity index is 2470. The van der Waals surface area contributed by atoms with E-state index in [9.17, 15) is 19.2 Å². The Kier molecular flexibility index (Phi) is 9.82. The van der Waals surface area contributed by atoms with E-state index < -0.39 is 46.7 Å². The number of alkyl halides is 1. The SMILES string of the molecule is CC(C)(C)OC(=O)Nc1sc2c(F)cnc(-c3c4c(c5c(N6C7CCC6CN(C(=O)OC(C)(C)C)C7)nc(OC[C@@]67CCCN6C[C@@H](F)C7)nc5c3F)COC4)c2c1C#N. The summed E-state index contributed by atoms with van der Waals surface area (Å²) in [5.41, 5.74) is -1.25. The molecule has 14 nitrogen and oxygen atoms in total. The van der Waals surface area contributed by atoms with E-state index in [1.54, 1.807) is 25.7 Å². The second kappa shape index (κ2) is 14.6. The quantitative estimate of drug-likeness (QED) is 0.200. The van der Waals surface area contributed by atoms with Gasteiger partial charge in [-0.25, -0.2) is 22.8 Å². The fourth-order valence-electron chi connectivity index (χ4n) is 9.71. The molecule has 0 saturated carbocycles. The number of thiophene rings is 1. The van der Waals surface area contributed by atoms with Gasteiger partial charge in [0.1, 0.15) is 46.4 Å². The number of hydrogen-bond donors (Lipinski definition) is 1. The van der Waals surface area contributed by atoms with Crippen molar-refractivity contribution in [1.29, 1.82) is 5.26 Å². The molecular weight excluding hydrogens is 802 g/mol. The Morgan fingerprint density at radius 1 is 1.03 bits per heavy atom. The van der Waals surface area contributed by atoms with Crippen molar-refractivity contribution in [3.05, 3.63) is 34.5 Å². The van der Waals surface area contributed by atoms with E-state index in [0.717, 1.165) is 49.8 Å². The van der Waals surface area contributed by atoms with E-state index in [4.69, 9.17) is 28.9 Å². The Morgan fingerprint density at radius 2 is 1.75 bits per heavy atom. The molecule has 5 aliphatic rings. The summed E-state index contributed by atoms with van der Waals surface area (Å²) in [6, 6.07) is 1.61. The number of hydrogen-bond acceptors (Lipinski definition) is 13. The third kappa shape index (κ3) is 7.01. The maximum atomic E-state index is 17.9. The Hall–Kier alpha value is -4.99. The maximum Gasteiger partial charge on any atom is 0.412 e. The van der Waals surface area contributed by atoms with Gasteiger partial charge in [0.05, 0.1) is 46.3 Å². The lowest BCUT2D eigenvalue weighted by Gasteiger charge is -2.42. The van der Waals surface area contributed by atoms with E-state index in [0.29, 0.717) is 48.4 Å². The van der Waals surface area contributed by atoms with Gasteiger partial charge >= 0.3 is 18.2 Å². The predicted molar refractivity (Wildman–Crippen MR) is 217 cm³/mol. The van der Waals surface area contributed by atoms with Gasteiger partial charge in [-0.15, -0.1) is 11.3 Å². The van der Waals surface area contributed by atoms with Crippen LogP contribution in [0.3, 0.4) is 0 Å². The highest BCUT2D eigenvalue weighted by atomic mass is 32.1. The molecule has 4 saturated heterocycles. The van der Waals surface area contributed by atoms with Crippen molar-refractivity contribution in [2.45, 2.75) is 122 Å². The Balaban J connectivity index is 1.20. The topological polar surface area (TPSA) is 155 Å². The van der Waals surface area contributed by atoms with Gasteiger partial charge in [0, 0.05) is 49.1 Å². The number of ether oxygens (including phenoxy) is 4. The summed E-state index contributed by atoms with van der Waals surface area (Å²) in [6.45, 7) is 12.5. The van der Waals surface area contributed by atoms with Gasteiger partial charge in [-0.2, -0.15) is 15.2 Å². The van der Waals surface area contributed by atoms with Crippen LogP contribution in [0.4, 0.5) is 33.6 Å². The van der Waals surface area contributed by atoms with Crippen LogP contribution in [-0.2, 0) is 27.4 Å². The number of aromatic nitrogens is 3. The minimum absolute atomic E-state index is 0.00953. The third-order valence-corrected chi connectivity index (χ3v) is 13.1. The van der Waals surface area contributed by atoms with Crippen molar-refractivity contribution in [3.63, 3.8) is 0 Å². The standard InChI is InChI=1S/C42H47F3N8O6S/c1-40(2,3)58-38(54)50-36-24(13-46)29-32(47-14-27(44)34(29)60-36)28-25-18-56-19-26(25)30-33(31(28)45)48-37(57-20-42-10-7-11-52(42)15-21(43)12-42)49-35(30)53-22-8-9-23(53)17-51(16-22)39(55)59-41(4,5)6/h14,21-23H,7-12,15-20H2,1-6H3,(H,50,54)/t21-,22?,23?,42-/m0/s1. The molecule has 18 heteroatoms. The number of benzene rings is 1. The average Bonchev–Trinajstić information content (AvgIpc) is 3.98. The lowest BCUT2D eigenvalue weighted by atomic mass is 9.93. The molecule has 1 N–H and O–H groups in total. The first-order valence-electron chi connectivity index (χ1n) is 20.4. The van der Waals surface area contributed by atoms with E-state index in [1.165, 1.54) is 0 Å². The molecule has 0 spiro atoms. The number of nitrogens with one attached hydrogen (secondary N) is 1. The second-order valence-corrected chi connectivity index (χ2v) is 19.5. The number of nitriles is 1. The number of piperazine rings is 1. The van der Waals surface area contributed by atoms with Crippen LogP contribution in [0.5, 0.6) is 6.01 Å². The summed E-state index contributed by atoms with van der Waals surface area (Å²) in [6.07, 6.45) is 2.17. The third-order valence-electron chi connectivity index (χ3n) is 12.0. The molecule has 0 radical (unpaired) electrons. The van der Waals surface area contributed by atoms with Gasteiger partial charge in [-0.3, -0.25) is 15.2 Å². The van der Waals surface area contributed by atoms with Crippen molar-refractivity contribution in [3.8, 4) is 23.3 Å². The van der Waals surface area contributed by atoms with E-state index in [2.05, 4.69) is 26.2 Å². The number of nitrogens with zero attached hydrogens (tertiary/aromatic N) is 7. The van der Waals surface area contributed by atoms with Crippen LogP contribution in [0, 0.1) is 23.0 Å². The molecule has 2 unspecified atom stereocenters. The molecule has 8 heterocycles. The first-order chi connectivity index (χ1) is 28.4. The highest BCUT2D eigenvalue weighted by Crippen LogP contribution is 2.49. The number of carbonyl (C=O) groups is 2. The van der Waals surface area contributed by atoms with E-state index in [-0.39, 0.29) is 75.3 Å². The summed E-state index contributed by atoms with van der Waals surface area (Å²) in [7, 11) is 0. The molecular formula is C42H47F3N8O6S. The first kappa shape index (κ1) is 40.4. The van der Waals surface area contributed by atoms with Crippen LogP contribution < -0.4 is 15.0 Å². The Labute approximate surface area is 348 Å². The number of carbonyl (C=O) groups excluding carboxylic acids is 2. The lowest BCUT2D eigenvalue weighted by molar-refractivity contribution is 0.0209. The number of likely N-dealkylation sites (tertiary alicyclic amines) is 1. The minimum atomic E-state index is -0.989. The fourth-order valence-corrected chi connectivity index (χ4v) is 10.8. The first-order valence-corrected chi connectivity index (χ1v) is 21.2. The van der Waals surface area contributed by atoms with Crippen LogP contribution in [0.1, 0.15) is 90.3 Å². The monoisotopic (exact) mass is 848 g/mol. The summed E-state index contributed by atoms with van der Waals surface area (Å²) < 4.78 is 71.8. The largest absolute Gasteiger partial charge is 0.461 e. The number of fused-ring (bicyclic) bond motifs is 7. The van der Waals surface area contributed by atoms with Crippen LogP contribution in [0.15, 0.2) is 6.20 Å². The summed E-state index contributed by atoms with van der Waals surface area (Å²) in [5, 5.41) is 13.5. The summed E-state index contributed by atoms with van der Waals surface area (Å²) in [5.74, 6) is -1.13. The van der Waals surface area contributed by atoms with Gasteiger partial charge in [0.25, 0.3) is 0 Å². The lowest BCUT2D eigenvalue weighted by Crippen LogP contribution is -2.56. The number of halogens is 3. The van der Waals surface area contributed by atoms with Crippen molar-refractivity contribution < 1.29 is 41.7 Å². The molecule has 318 valence electrons. The van der Waals surface area contributed by atoms with Gasteiger partial charge in [-0.05, 0) is 84.9 Å². The maximum absolute atomic E-state index is 17.9. The zero-order valence-corrected chi connectivity index (χ0v) is 35.2. The number of pyridine rings is 1. The van der Waals surface area contributed by atoms with E-state index >= 15 is 8.78 Å². The zero-order chi connectivity index (χ0) is 42.5. The van der Waals surface area contributed by atoms with Crippen molar-refractivity contribution in [2.75, 3.05) is 43.0 Å². The number of amides is 2. The number of anilines is 2. The van der Waals surface area contributed by atoms with Gasteiger partial charge in [0.15, 0.2) is 11.6 Å². The van der Waals surface area contributed by atoms with Crippen molar-refractivity contribution >= 4 is 55.3 Å². The molecule has 4 atom stereocenters. The molecule has 9 rings (SSSR count). The molecule has 4 fully saturated rings. The zero-order valence-electron chi connectivity index (χ0n) is 34.4. The predicted octanol–water partition coefficient (Wildman–Crippen LogP) is 7.98.